The zero-order valence-electron chi connectivity index (χ0n) is 23.0. The number of aldehydes is 1. The van der Waals surface area contributed by atoms with Crippen molar-refractivity contribution >= 4 is 6.29 Å². The quantitative estimate of drug-likeness (QED) is 0.350. The standard InChI is InChI=1S/C31H50O3/c1-27(2)22-12-15-28(3)18-20-8-10-24-29(4,16-13-25(33)31(24,6)19-32)21(20)9-11-23(28)30(22,5)17-14-26(27)34-7/h8,19,21-26,33H,9-18H2,1-7H3/t21?,22?,23?,24?,25-,26-,28-,29+,30-,31-/m0/s1. The molecule has 0 aromatic carbocycles. The molecule has 10 atom stereocenters. The summed E-state index contributed by atoms with van der Waals surface area (Å²) in [4.78, 5) is 12.3. The topological polar surface area (TPSA) is 46.5 Å². The number of methoxy groups -OCH3 is 1. The summed E-state index contributed by atoms with van der Waals surface area (Å²) in [5.74, 6) is 2.28. The fourth-order valence-corrected chi connectivity index (χ4v) is 11.3. The molecule has 3 heteroatoms. The van der Waals surface area contributed by atoms with E-state index in [0.29, 0.717) is 22.9 Å². The highest BCUT2D eigenvalue weighted by atomic mass is 16.5. The number of carbonyl (C=O) groups is 1. The molecule has 192 valence electrons. The number of hydrogen-bond donors (Lipinski definition) is 1. The van der Waals surface area contributed by atoms with Crippen molar-refractivity contribution in [2.24, 2.45) is 50.7 Å². The van der Waals surface area contributed by atoms with Gasteiger partial charge in [-0.25, -0.2) is 0 Å². The second-order valence-corrected chi connectivity index (χ2v) is 14.8. The molecule has 3 nitrogen and oxygen atoms in total. The van der Waals surface area contributed by atoms with E-state index in [2.05, 4.69) is 40.7 Å². The van der Waals surface area contributed by atoms with Crippen LogP contribution in [-0.2, 0) is 9.53 Å². The molecule has 0 aromatic rings. The van der Waals surface area contributed by atoms with Crippen molar-refractivity contribution < 1.29 is 14.6 Å². The van der Waals surface area contributed by atoms with Crippen LogP contribution < -0.4 is 0 Å². The van der Waals surface area contributed by atoms with Crippen LogP contribution in [0.15, 0.2) is 11.6 Å². The van der Waals surface area contributed by atoms with Gasteiger partial charge in [0.15, 0.2) is 0 Å². The average Bonchev–Trinajstić information content (AvgIpc) is 2.93. The Hall–Kier alpha value is -0.670. The zero-order chi connectivity index (χ0) is 24.7. The Labute approximate surface area is 208 Å². The molecule has 34 heavy (non-hydrogen) atoms. The summed E-state index contributed by atoms with van der Waals surface area (Å²) in [6, 6.07) is 0. The fourth-order valence-electron chi connectivity index (χ4n) is 11.3. The van der Waals surface area contributed by atoms with E-state index in [1.165, 1.54) is 44.9 Å². The van der Waals surface area contributed by atoms with Crippen LogP contribution in [0.25, 0.3) is 0 Å². The van der Waals surface area contributed by atoms with Crippen molar-refractivity contribution in [3.8, 4) is 0 Å². The number of allylic oxidation sites excluding steroid dienone is 2. The van der Waals surface area contributed by atoms with Crippen molar-refractivity contribution in [1.29, 1.82) is 0 Å². The lowest BCUT2D eigenvalue weighted by Gasteiger charge is -2.64. The van der Waals surface area contributed by atoms with Crippen LogP contribution in [0.3, 0.4) is 0 Å². The lowest BCUT2D eigenvalue weighted by atomic mass is 9.42. The molecule has 5 aliphatic carbocycles. The van der Waals surface area contributed by atoms with Crippen LogP contribution in [0.4, 0.5) is 0 Å². The van der Waals surface area contributed by atoms with Gasteiger partial charge in [-0.05, 0) is 110 Å². The maximum absolute atomic E-state index is 12.3. The van der Waals surface area contributed by atoms with Gasteiger partial charge >= 0.3 is 0 Å². The molecule has 0 radical (unpaired) electrons. The van der Waals surface area contributed by atoms with Crippen molar-refractivity contribution in [3.63, 3.8) is 0 Å². The first-order valence-corrected chi connectivity index (χ1v) is 14.2. The average molecular weight is 471 g/mol. The molecule has 0 bridgehead atoms. The third-order valence-electron chi connectivity index (χ3n) is 13.1. The second kappa shape index (κ2) is 7.91. The minimum absolute atomic E-state index is 0.121. The predicted octanol–water partition coefficient (Wildman–Crippen LogP) is 6.97. The molecule has 4 fully saturated rings. The molecule has 0 aliphatic heterocycles. The van der Waals surface area contributed by atoms with Crippen molar-refractivity contribution in [2.75, 3.05) is 7.11 Å². The Balaban J connectivity index is 1.50. The first-order valence-electron chi connectivity index (χ1n) is 14.2. The summed E-state index contributed by atoms with van der Waals surface area (Å²) in [6.45, 7) is 14.7. The molecule has 0 saturated heterocycles. The highest BCUT2D eigenvalue weighted by molar-refractivity contribution is 5.61. The fraction of sp³-hybridized carbons (Fsp3) is 0.903. The highest BCUT2D eigenvalue weighted by Crippen LogP contribution is 2.70. The number of aliphatic hydroxyl groups is 1. The van der Waals surface area contributed by atoms with Gasteiger partial charge < -0.3 is 14.6 Å². The summed E-state index contributed by atoms with van der Waals surface area (Å²) in [5, 5.41) is 10.8. The number of rotatable bonds is 2. The van der Waals surface area contributed by atoms with E-state index in [0.717, 1.165) is 37.4 Å². The van der Waals surface area contributed by atoms with E-state index in [9.17, 15) is 9.90 Å². The van der Waals surface area contributed by atoms with Crippen molar-refractivity contribution in [3.05, 3.63) is 11.6 Å². The largest absolute Gasteiger partial charge is 0.392 e. The molecule has 0 spiro atoms. The third kappa shape index (κ3) is 3.17. The van der Waals surface area contributed by atoms with Gasteiger partial charge in [0.05, 0.1) is 17.6 Å². The summed E-state index contributed by atoms with van der Waals surface area (Å²) in [5.41, 5.74) is 2.17. The summed E-state index contributed by atoms with van der Waals surface area (Å²) in [7, 11) is 1.91. The van der Waals surface area contributed by atoms with E-state index in [4.69, 9.17) is 4.74 Å². The van der Waals surface area contributed by atoms with Crippen LogP contribution in [0.5, 0.6) is 0 Å². The number of carbonyl (C=O) groups excluding carboxylic acids is 1. The molecule has 4 unspecified atom stereocenters. The van der Waals surface area contributed by atoms with E-state index in [1.54, 1.807) is 5.57 Å². The molecular formula is C31H50O3. The Kier molecular flexibility index (Phi) is 5.82. The number of aliphatic hydroxyl groups excluding tert-OH is 1. The summed E-state index contributed by atoms with van der Waals surface area (Å²) < 4.78 is 6.02. The highest BCUT2D eigenvalue weighted by Gasteiger charge is 2.63. The number of ether oxygens (including phenoxy) is 1. The minimum Gasteiger partial charge on any atom is -0.392 e. The van der Waals surface area contributed by atoms with Gasteiger partial charge in [-0.2, -0.15) is 0 Å². The lowest BCUT2D eigenvalue weighted by Crippen LogP contribution is -2.58. The molecule has 0 heterocycles. The van der Waals surface area contributed by atoms with Crippen LogP contribution in [-0.4, -0.2) is 30.7 Å². The Morgan fingerprint density at radius 2 is 1.59 bits per heavy atom. The maximum Gasteiger partial charge on any atom is 0.128 e. The zero-order valence-corrected chi connectivity index (χ0v) is 23.0. The first-order chi connectivity index (χ1) is 15.9. The lowest BCUT2D eigenvalue weighted by molar-refractivity contribution is -0.178. The summed E-state index contributed by atoms with van der Waals surface area (Å²) in [6.07, 6.45) is 15.2. The third-order valence-corrected chi connectivity index (χ3v) is 13.1. The molecule has 4 saturated carbocycles. The van der Waals surface area contributed by atoms with E-state index in [-0.39, 0.29) is 16.7 Å². The van der Waals surface area contributed by atoms with Gasteiger partial charge in [0.2, 0.25) is 0 Å². The Morgan fingerprint density at radius 1 is 0.882 bits per heavy atom. The van der Waals surface area contributed by atoms with Gasteiger partial charge in [-0.3, -0.25) is 0 Å². The van der Waals surface area contributed by atoms with Gasteiger partial charge in [-0.1, -0.05) is 53.2 Å². The van der Waals surface area contributed by atoms with Crippen LogP contribution in [0.2, 0.25) is 0 Å². The number of fused-ring (bicyclic) bond motifs is 6. The van der Waals surface area contributed by atoms with Gasteiger partial charge in [0.1, 0.15) is 6.29 Å². The molecule has 0 amide bonds. The summed E-state index contributed by atoms with van der Waals surface area (Å²) >= 11 is 0. The molecule has 5 rings (SSSR count). The van der Waals surface area contributed by atoms with E-state index < -0.39 is 11.5 Å². The van der Waals surface area contributed by atoms with E-state index in [1.807, 2.05) is 14.0 Å². The SMILES string of the molecule is CO[C@H]1CC[C@@]2(C)C(CC[C@@]3(C)CC4=CCC5[C@](C)(CC[C@H](O)[C@@]5(C)C=O)C4CCC32)C1(C)C. The van der Waals surface area contributed by atoms with Gasteiger partial charge in [0.25, 0.3) is 0 Å². The molecule has 1 N–H and O–H groups in total. The van der Waals surface area contributed by atoms with Crippen molar-refractivity contribution in [1.82, 2.24) is 0 Å². The van der Waals surface area contributed by atoms with Crippen LogP contribution >= 0.6 is 0 Å². The predicted molar refractivity (Wildman–Crippen MR) is 137 cm³/mol. The molecular weight excluding hydrogens is 420 g/mol. The smallest absolute Gasteiger partial charge is 0.128 e. The molecule has 0 aromatic heterocycles. The normalized spacial score (nSPS) is 54.4. The van der Waals surface area contributed by atoms with Crippen LogP contribution in [0.1, 0.15) is 106 Å². The monoisotopic (exact) mass is 470 g/mol. The van der Waals surface area contributed by atoms with Gasteiger partial charge in [-0.15, -0.1) is 0 Å². The molecule has 5 aliphatic rings. The Morgan fingerprint density at radius 3 is 2.26 bits per heavy atom. The second-order valence-electron chi connectivity index (χ2n) is 14.8. The Bertz CT molecular complexity index is 861. The van der Waals surface area contributed by atoms with Gasteiger partial charge in [0, 0.05) is 7.11 Å². The van der Waals surface area contributed by atoms with E-state index >= 15 is 0 Å². The van der Waals surface area contributed by atoms with Crippen molar-refractivity contribution in [2.45, 2.75) is 118 Å². The first kappa shape index (κ1) is 25.0. The maximum atomic E-state index is 12.3. The van der Waals surface area contributed by atoms with Crippen LogP contribution in [0, 0.1) is 50.7 Å². The minimum atomic E-state index is -0.613. The number of hydrogen-bond acceptors (Lipinski definition) is 3.